The number of aliphatic imine (C=N–C) groups is 1. The van der Waals surface area contributed by atoms with Crippen LogP contribution in [0.1, 0.15) is 13.8 Å². The molecule has 0 amide bonds. The first-order valence-corrected chi connectivity index (χ1v) is 4.75. The number of nitrogens with zero attached hydrogens (tertiary/aromatic N) is 1. The fourth-order valence-corrected chi connectivity index (χ4v) is 1.14. The zero-order valence-corrected chi connectivity index (χ0v) is 9.28. The van der Waals surface area contributed by atoms with Gasteiger partial charge in [0.1, 0.15) is 6.26 Å². The maximum absolute atomic E-state index is 10.9. The number of hydrogen-bond donors (Lipinski definition) is 2. The van der Waals surface area contributed by atoms with Gasteiger partial charge in [-0.15, -0.1) is 0 Å². The summed E-state index contributed by atoms with van der Waals surface area (Å²) in [5.74, 6) is -0.531. The van der Waals surface area contributed by atoms with Crippen LogP contribution in [0.5, 0.6) is 0 Å². The van der Waals surface area contributed by atoms with Gasteiger partial charge in [0.05, 0.1) is 23.7 Å². The van der Waals surface area contributed by atoms with E-state index in [1.807, 2.05) is 0 Å². The summed E-state index contributed by atoms with van der Waals surface area (Å²) in [4.78, 5) is 15.0. The Balaban J connectivity index is 2.82. The minimum absolute atomic E-state index is 0.129. The number of hydrogen-bond acceptors (Lipinski definition) is 5. The first-order chi connectivity index (χ1) is 7.58. The number of carbonyl (C=O) groups excluding carboxylic acids is 1. The van der Waals surface area contributed by atoms with Crippen molar-refractivity contribution < 1.29 is 14.6 Å². The van der Waals surface area contributed by atoms with Gasteiger partial charge in [-0.1, -0.05) is 6.58 Å². The Bertz CT molecular complexity index is 405. The minimum Gasteiger partial charge on any atom is -0.429 e. The van der Waals surface area contributed by atoms with E-state index in [9.17, 15) is 4.79 Å². The van der Waals surface area contributed by atoms with Gasteiger partial charge in [0.15, 0.2) is 0 Å². The molecule has 0 saturated carbocycles. The van der Waals surface area contributed by atoms with Crippen molar-refractivity contribution >= 4 is 11.7 Å². The SMILES string of the molecule is C=CC(=O)OC=C1NC(C)=C(CO)N=C1C. The predicted octanol–water partition coefficient (Wildman–Crippen LogP) is 0.845. The van der Waals surface area contributed by atoms with Crippen molar-refractivity contribution in [1.82, 2.24) is 5.32 Å². The van der Waals surface area contributed by atoms with Gasteiger partial charge < -0.3 is 15.2 Å². The monoisotopic (exact) mass is 222 g/mol. The van der Waals surface area contributed by atoms with Gasteiger partial charge in [-0.05, 0) is 13.8 Å². The zero-order chi connectivity index (χ0) is 12.1. The molecule has 5 heteroatoms. The summed E-state index contributed by atoms with van der Waals surface area (Å²) in [6, 6.07) is 0. The van der Waals surface area contributed by atoms with E-state index in [4.69, 9.17) is 9.84 Å². The van der Waals surface area contributed by atoms with Crippen LogP contribution in [0.25, 0.3) is 0 Å². The summed E-state index contributed by atoms with van der Waals surface area (Å²) >= 11 is 0. The molecular formula is C11H14N2O3. The maximum atomic E-state index is 10.9. The van der Waals surface area contributed by atoms with Crippen LogP contribution in [0.3, 0.4) is 0 Å². The lowest BCUT2D eigenvalue weighted by atomic mass is 10.2. The molecule has 0 atom stereocenters. The molecule has 0 spiro atoms. The number of aliphatic hydroxyl groups excluding tert-OH is 1. The lowest BCUT2D eigenvalue weighted by Gasteiger charge is -2.18. The van der Waals surface area contributed by atoms with E-state index in [-0.39, 0.29) is 6.61 Å². The Morgan fingerprint density at radius 1 is 1.62 bits per heavy atom. The average molecular weight is 222 g/mol. The molecule has 86 valence electrons. The average Bonchev–Trinajstić information content (AvgIpc) is 2.29. The molecule has 0 bridgehead atoms. The minimum atomic E-state index is -0.531. The van der Waals surface area contributed by atoms with Crippen LogP contribution in [0.15, 0.2) is 41.0 Å². The summed E-state index contributed by atoms with van der Waals surface area (Å²) in [5.41, 5.74) is 2.54. The second-order valence-electron chi connectivity index (χ2n) is 3.22. The summed E-state index contributed by atoms with van der Waals surface area (Å²) in [6.45, 7) is 6.69. The van der Waals surface area contributed by atoms with Crippen molar-refractivity contribution in [2.24, 2.45) is 4.99 Å². The molecule has 0 unspecified atom stereocenters. The van der Waals surface area contributed by atoms with Gasteiger partial charge in [-0.3, -0.25) is 4.99 Å². The number of nitrogens with one attached hydrogen (secondary N) is 1. The largest absolute Gasteiger partial charge is 0.429 e. The highest BCUT2D eigenvalue weighted by molar-refractivity contribution is 5.99. The van der Waals surface area contributed by atoms with Gasteiger partial charge in [-0.2, -0.15) is 0 Å². The highest BCUT2D eigenvalue weighted by Gasteiger charge is 2.13. The van der Waals surface area contributed by atoms with Crippen LogP contribution in [0.4, 0.5) is 0 Å². The highest BCUT2D eigenvalue weighted by Crippen LogP contribution is 2.13. The van der Waals surface area contributed by atoms with Gasteiger partial charge in [0.25, 0.3) is 0 Å². The molecule has 1 heterocycles. The third-order valence-corrected chi connectivity index (χ3v) is 2.06. The first kappa shape index (κ1) is 12.2. The van der Waals surface area contributed by atoms with Crippen molar-refractivity contribution in [2.75, 3.05) is 6.61 Å². The normalized spacial score (nSPS) is 17.9. The van der Waals surface area contributed by atoms with Crippen molar-refractivity contribution in [3.63, 3.8) is 0 Å². The van der Waals surface area contributed by atoms with Crippen LogP contribution in [-0.2, 0) is 9.53 Å². The molecule has 0 radical (unpaired) electrons. The molecule has 0 aromatic carbocycles. The van der Waals surface area contributed by atoms with Crippen LogP contribution in [0.2, 0.25) is 0 Å². The second kappa shape index (κ2) is 5.27. The smallest absolute Gasteiger partial charge is 0.335 e. The third-order valence-electron chi connectivity index (χ3n) is 2.06. The van der Waals surface area contributed by atoms with Crippen molar-refractivity contribution in [3.05, 3.63) is 36.0 Å². The fourth-order valence-electron chi connectivity index (χ4n) is 1.14. The topological polar surface area (TPSA) is 70.9 Å². The molecule has 16 heavy (non-hydrogen) atoms. The fraction of sp³-hybridized carbons (Fsp3) is 0.273. The number of ether oxygens (including phenoxy) is 1. The molecule has 0 aromatic heterocycles. The van der Waals surface area contributed by atoms with Gasteiger partial charge in [-0.25, -0.2) is 4.79 Å². The molecule has 1 aliphatic heterocycles. The molecular weight excluding hydrogens is 208 g/mol. The molecule has 2 N–H and O–H groups in total. The zero-order valence-electron chi connectivity index (χ0n) is 9.28. The maximum Gasteiger partial charge on any atom is 0.335 e. The third kappa shape index (κ3) is 2.80. The van der Waals surface area contributed by atoms with E-state index in [1.165, 1.54) is 6.26 Å². The lowest BCUT2D eigenvalue weighted by Crippen LogP contribution is -2.24. The number of esters is 1. The molecule has 0 fully saturated rings. The Hall–Kier alpha value is -1.88. The van der Waals surface area contributed by atoms with Crippen molar-refractivity contribution in [3.8, 4) is 0 Å². The van der Waals surface area contributed by atoms with Gasteiger partial charge >= 0.3 is 5.97 Å². The predicted molar refractivity (Wildman–Crippen MR) is 60.4 cm³/mol. The summed E-state index contributed by atoms with van der Waals surface area (Å²) in [7, 11) is 0. The van der Waals surface area contributed by atoms with Crippen LogP contribution >= 0.6 is 0 Å². The molecule has 1 rings (SSSR count). The number of allylic oxidation sites excluding steroid dienone is 2. The number of rotatable bonds is 3. The van der Waals surface area contributed by atoms with E-state index in [0.717, 1.165) is 11.8 Å². The Labute approximate surface area is 93.8 Å². The molecule has 0 saturated heterocycles. The first-order valence-electron chi connectivity index (χ1n) is 4.75. The molecule has 5 nitrogen and oxygen atoms in total. The van der Waals surface area contributed by atoms with E-state index in [0.29, 0.717) is 17.1 Å². The van der Waals surface area contributed by atoms with Crippen molar-refractivity contribution in [1.29, 1.82) is 0 Å². The van der Waals surface area contributed by atoms with Crippen LogP contribution in [0, 0.1) is 0 Å². The van der Waals surface area contributed by atoms with E-state index < -0.39 is 5.97 Å². The summed E-state index contributed by atoms with van der Waals surface area (Å²) in [5, 5.41) is 12.0. The lowest BCUT2D eigenvalue weighted by molar-refractivity contribution is -0.132. The summed E-state index contributed by atoms with van der Waals surface area (Å²) in [6.07, 6.45) is 2.36. The van der Waals surface area contributed by atoms with Gasteiger partial charge in [0, 0.05) is 11.8 Å². The van der Waals surface area contributed by atoms with E-state index in [2.05, 4.69) is 16.9 Å². The highest BCUT2D eigenvalue weighted by atomic mass is 16.5. The Kier molecular flexibility index (Phi) is 4.02. The number of carbonyl (C=O) groups is 1. The van der Waals surface area contributed by atoms with E-state index in [1.54, 1.807) is 13.8 Å². The standard InChI is InChI=1S/C11H14N2O3/c1-4-11(15)16-6-10-8(3)12-9(5-14)7(2)13-10/h4,6,13-14H,1,5H2,2-3H3. The Morgan fingerprint density at radius 2 is 2.31 bits per heavy atom. The van der Waals surface area contributed by atoms with Gasteiger partial charge in [0.2, 0.25) is 0 Å². The second-order valence-corrected chi connectivity index (χ2v) is 3.22. The summed E-state index contributed by atoms with van der Waals surface area (Å²) < 4.78 is 4.77. The van der Waals surface area contributed by atoms with E-state index >= 15 is 0 Å². The molecule has 1 aliphatic rings. The van der Waals surface area contributed by atoms with Crippen LogP contribution in [-0.4, -0.2) is 23.4 Å². The quantitative estimate of drug-likeness (QED) is 0.422. The molecule has 0 aromatic rings. The Morgan fingerprint density at radius 3 is 2.88 bits per heavy atom. The number of aliphatic hydroxyl groups is 1. The van der Waals surface area contributed by atoms with Crippen LogP contribution < -0.4 is 5.32 Å². The van der Waals surface area contributed by atoms with Crippen molar-refractivity contribution in [2.45, 2.75) is 13.8 Å². The molecule has 0 aliphatic carbocycles.